The molecule has 1 saturated carbocycles. The van der Waals surface area contributed by atoms with Crippen LogP contribution in [0.15, 0.2) is 0 Å². The van der Waals surface area contributed by atoms with Gasteiger partial charge in [0, 0.05) is 12.6 Å². The predicted molar refractivity (Wildman–Crippen MR) is 74.8 cm³/mol. The van der Waals surface area contributed by atoms with Crippen molar-refractivity contribution in [2.75, 3.05) is 13.1 Å². The topological polar surface area (TPSA) is 41.1 Å². The van der Waals surface area contributed by atoms with Gasteiger partial charge in [0.1, 0.15) is 0 Å². The zero-order chi connectivity index (χ0) is 15.5. The Kier molecular flexibility index (Phi) is 5.17. The molecule has 1 aliphatic carbocycles. The Morgan fingerprint density at radius 3 is 2.62 bits per heavy atom. The maximum absolute atomic E-state index is 13.1. The molecule has 3 unspecified atom stereocenters. The lowest BCUT2D eigenvalue weighted by Crippen LogP contribution is -2.52. The number of hydrogen-bond donors (Lipinski definition) is 2. The van der Waals surface area contributed by atoms with Gasteiger partial charge >= 0.3 is 6.18 Å². The summed E-state index contributed by atoms with van der Waals surface area (Å²) in [6.07, 6.45) is 0.0196. The summed E-state index contributed by atoms with van der Waals surface area (Å²) >= 11 is 0. The Labute approximate surface area is 124 Å². The van der Waals surface area contributed by atoms with Crippen molar-refractivity contribution in [2.45, 2.75) is 64.1 Å². The first-order valence-electron chi connectivity index (χ1n) is 7.97. The molecule has 3 nitrogen and oxygen atoms in total. The first kappa shape index (κ1) is 16.6. The molecule has 3 atom stereocenters. The van der Waals surface area contributed by atoms with Crippen molar-refractivity contribution in [3.63, 3.8) is 0 Å². The first-order chi connectivity index (χ1) is 9.89. The molecule has 2 rings (SSSR count). The summed E-state index contributed by atoms with van der Waals surface area (Å²) in [7, 11) is 0. The van der Waals surface area contributed by atoms with E-state index in [4.69, 9.17) is 0 Å². The molecule has 0 aromatic carbocycles. The monoisotopic (exact) mass is 306 g/mol. The van der Waals surface area contributed by atoms with Crippen molar-refractivity contribution in [3.8, 4) is 0 Å². The van der Waals surface area contributed by atoms with Crippen LogP contribution in [0.2, 0.25) is 0 Å². The number of carbonyl (C=O) groups excluding carboxylic acids is 1. The maximum atomic E-state index is 13.1. The zero-order valence-electron chi connectivity index (χ0n) is 12.6. The summed E-state index contributed by atoms with van der Waals surface area (Å²) < 4.78 is 39.3. The minimum Gasteiger partial charge on any atom is -0.352 e. The second-order valence-electron chi connectivity index (χ2n) is 6.47. The van der Waals surface area contributed by atoms with Gasteiger partial charge in [0.2, 0.25) is 5.91 Å². The standard InChI is InChI=1S/C15H25F3N2O/c1-2-7-14(8-9-19-10-14)13(21)20-12-6-4-3-5-11(12)15(16,17)18/h11-12,19H,2-10H2,1H3,(H,20,21). The average Bonchev–Trinajstić information content (AvgIpc) is 2.88. The Balaban J connectivity index is 2.05. The van der Waals surface area contributed by atoms with Gasteiger partial charge in [-0.2, -0.15) is 13.2 Å². The smallest absolute Gasteiger partial charge is 0.352 e. The van der Waals surface area contributed by atoms with Crippen LogP contribution >= 0.6 is 0 Å². The van der Waals surface area contributed by atoms with E-state index in [2.05, 4.69) is 10.6 Å². The van der Waals surface area contributed by atoms with Gasteiger partial charge in [-0.05, 0) is 32.2 Å². The minimum atomic E-state index is -4.22. The molecule has 0 spiro atoms. The summed E-state index contributed by atoms with van der Waals surface area (Å²) in [5, 5.41) is 5.92. The lowest BCUT2D eigenvalue weighted by atomic mass is 9.79. The predicted octanol–water partition coefficient (Wildman–Crippen LogP) is 3.00. The van der Waals surface area contributed by atoms with Crippen LogP contribution in [0.5, 0.6) is 0 Å². The lowest BCUT2D eigenvalue weighted by molar-refractivity contribution is -0.189. The van der Waals surface area contributed by atoms with Crippen molar-refractivity contribution in [3.05, 3.63) is 0 Å². The van der Waals surface area contributed by atoms with Crippen LogP contribution in [-0.2, 0) is 4.79 Å². The van der Waals surface area contributed by atoms with Crippen LogP contribution in [0, 0.1) is 11.3 Å². The molecule has 0 aromatic heterocycles. The van der Waals surface area contributed by atoms with Crippen LogP contribution in [0.4, 0.5) is 13.2 Å². The SMILES string of the molecule is CCCC1(C(=O)NC2CCCCC2C(F)(F)F)CCNC1. The van der Waals surface area contributed by atoms with Gasteiger partial charge in [-0.25, -0.2) is 0 Å². The zero-order valence-corrected chi connectivity index (χ0v) is 12.6. The number of hydrogen-bond acceptors (Lipinski definition) is 2. The van der Waals surface area contributed by atoms with Gasteiger partial charge in [0.05, 0.1) is 11.3 Å². The van der Waals surface area contributed by atoms with Crippen LogP contribution in [-0.4, -0.2) is 31.2 Å². The third-order valence-corrected chi connectivity index (χ3v) is 4.96. The summed E-state index contributed by atoms with van der Waals surface area (Å²) in [6, 6.07) is -0.749. The molecular formula is C15H25F3N2O. The summed E-state index contributed by atoms with van der Waals surface area (Å²) in [6.45, 7) is 3.35. The minimum absolute atomic E-state index is 0.132. The van der Waals surface area contributed by atoms with Crippen LogP contribution in [0.25, 0.3) is 0 Å². The molecule has 1 aliphatic heterocycles. The van der Waals surface area contributed by atoms with Gasteiger partial charge in [-0.1, -0.05) is 26.2 Å². The van der Waals surface area contributed by atoms with Crippen LogP contribution < -0.4 is 10.6 Å². The van der Waals surface area contributed by atoms with Crippen molar-refractivity contribution in [2.24, 2.45) is 11.3 Å². The highest BCUT2D eigenvalue weighted by Crippen LogP contribution is 2.39. The molecule has 1 amide bonds. The Bertz CT molecular complexity index is 364. The largest absolute Gasteiger partial charge is 0.393 e. The number of rotatable bonds is 4. The number of amides is 1. The Morgan fingerprint density at radius 2 is 2.05 bits per heavy atom. The molecule has 2 N–H and O–H groups in total. The molecular weight excluding hydrogens is 281 g/mol. The highest BCUT2D eigenvalue weighted by molar-refractivity contribution is 5.83. The van der Waals surface area contributed by atoms with E-state index in [1.54, 1.807) is 0 Å². The van der Waals surface area contributed by atoms with Gasteiger partial charge in [-0.15, -0.1) is 0 Å². The van der Waals surface area contributed by atoms with Crippen LogP contribution in [0.1, 0.15) is 51.9 Å². The number of alkyl halides is 3. The molecule has 1 saturated heterocycles. The molecule has 2 fully saturated rings. The molecule has 1 heterocycles. The fourth-order valence-corrected chi connectivity index (χ4v) is 3.76. The van der Waals surface area contributed by atoms with E-state index in [1.165, 1.54) is 0 Å². The quantitative estimate of drug-likeness (QED) is 0.838. The van der Waals surface area contributed by atoms with E-state index >= 15 is 0 Å². The highest BCUT2D eigenvalue weighted by Gasteiger charge is 2.48. The molecule has 2 aliphatic rings. The van der Waals surface area contributed by atoms with Gasteiger partial charge in [-0.3, -0.25) is 4.79 Å². The second kappa shape index (κ2) is 6.55. The summed E-state index contributed by atoms with van der Waals surface area (Å²) in [4.78, 5) is 12.6. The molecule has 0 bridgehead atoms. The highest BCUT2D eigenvalue weighted by atomic mass is 19.4. The normalized spacial score (nSPS) is 33.9. The van der Waals surface area contributed by atoms with Crippen molar-refractivity contribution in [1.82, 2.24) is 10.6 Å². The average molecular weight is 306 g/mol. The number of carbonyl (C=O) groups is 1. The third-order valence-electron chi connectivity index (χ3n) is 4.96. The lowest BCUT2D eigenvalue weighted by Gasteiger charge is -2.36. The number of nitrogens with one attached hydrogen (secondary N) is 2. The van der Waals surface area contributed by atoms with Gasteiger partial charge < -0.3 is 10.6 Å². The fraction of sp³-hybridized carbons (Fsp3) is 0.933. The van der Waals surface area contributed by atoms with E-state index in [0.717, 1.165) is 32.2 Å². The summed E-state index contributed by atoms with van der Waals surface area (Å²) in [5.74, 6) is -1.57. The molecule has 0 radical (unpaired) electrons. The van der Waals surface area contributed by atoms with Gasteiger partial charge in [0.15, 0.2) is 0 Å². The molecule has 0 aromatic rings. The fourth-order valence-electron chi connectivity index (χ4n) is 3.76. The van der Waals surface area contributed by atoms with Crippen LogP contribution in [0.3, 0.4) is 0 Å². The van der Waals surface area contributed by atoms with Gasteiger partial charge in [0.25, 0.3) is 0 Å². The maximum Gasteiger partial charge on any atom is 0.393 e. The van der Waals surface area contributed by atoms with Crippen molar-refractivity contribution < 1.29 is 18.0 Å². The van der Waals surface area contributed by atoms with E-state index in [-0.39, 0.29) is 12.3 Å². The summed E-state index contributed by atoms with van der Waals surface area (Å²) in [5.41, 5.74) is -0.512. The van der Waals surface area contributed by atoms with E-state index in [0.29, 0.717) is 19.4 Å². The van der Waals surface area contributed by atoms with Crippen molar-refractivity contribution in [1.29, 1.82) is 0 Å². The Hall–Kier alpha value is -0.780. The molecule has 6 heteroatoms. The molecule has 122 valence electrons. The molecule has 21 heavy (non-hydrogen) atoms. The second-order valence-corrected chi connectivity index (χ2v) is 6.47. The first-order valence-corrected chi connectivity index (χ1v) is 7.97. The van der Waals surface area contributed by atoms with E-state index < -0.39 is 23.6 Å². The number of halogens is 3. The van der Waals surface area contributed by atoms with E-state index in [9.17, 15) is 18.0 Å². The Morgan fingerprint density at radius 1 is 1.33 bits per heavy atom. The van der Waals surface area contributed by atoms with Crippen molar-refractivity contribution >= 4 is 5.91 Å². The van der Waals surface area contributed by atoms with E-state index in [1.807, 2.05) is 6.92 Å². The third kappa shape index (κ3) is 3.71.